The van der Waals surface area contributed by atoms with Crippen LogP contribution >= 0.6 is 11.6 Å². The van der Waals surface area contributed by atoms with Crippen LogP contribution in [0.2, 0.25) is 5.02 Å². The number of nitrogens with zero attached hydrogens (tertiary/aromatic N) is 3. The largest absolute Gasteiger partial charge is 0.416 e. The molecule has 3 aromatic rings. The molecule has 9 heteroatoms. The molecule has 2 N–H and O–H groups in total. The molecule has 1 heterocycles. The lowest BCUT2D eigenvalue weighted by molar-refractivity contribution is -0.137. The topological polar surface area (TPSA) is 62.7 Å². The maximum atomic E-state index is 12.8. The van der Waals surface area contributed by atoms with Crippen LogP contribution in [0.5, 0.6) is 0 Å². The summed E-state index contributed by atoms with van der Waals surface area (Å²) in [5.74, 6) is 0.459. The van der Waals surface area contributed by atoms with E-state index in [9.17, 15) is 13.2 Å². The van der Waals surface area contributed by atoms with E-state index in [4.69, 9.17) is 11.6 Å². The van der Waals surface area contributed by atoms with Crippen molar-refractivity contribution in [2.75, 3.05) is 10.6 Å². The Balaban J connectivity index is 1.79. The number of nitrogens with one attached hydrogen (secondary N) is 2. The highest BCUT2D eigenvalue weighted by atomic mass is 35.5. The Morgan fingerprint density at radius 3 is 2.58 bits per heavy atom. The molecule has 0 fully saturated rings. The molecule has 0 unspecified atom stereocenters. The summed E-state index contributed by atoms with van der Waals surface area (Å²) in [7, 11) is 0. The number of alkyl halides is 3. The van der Waals surface area contributed by atoms with Crippen molar-refractivity contribution >= 4 is 34.7 Å². The SMILES string of the molecule is Cc1cc(Cl)ccc1Nc1nncc(Nc2cccc(C(F)(F)F)c2)n1. The van der Waals surface area contributed by atoms with Gasteiger partial charge in [0.15, 0.2) is 5.82 Å². The molecule has 1 aromatic heterocycles. The fourth-order valence-corrected chi connectivity index (χ4v) is 2.45. The molecule has 0 atom stereocenters. The van der Waals surface area contributed by atoms with Gasteiger partial charge in [-0.05, 0) is 48.9 Å². The van der Waals surface area contributed by atoms with Crippen molar-refractivity contribution in [1.82, 2.24) is 15.2 Å². The fourth-order valence-electron chi connectivity index (χ4n) is 2.23. The van der Waals surface area contributed by atoms with Crippen molar-refractivity contribution < 1.29 is 13.2 Å². The van der Waals surface area contributed by atoms with E-state index in [0.29, 0.717) is 5.02 Å². The number of hydrogen-bond donors (Lipinski definition) is 2. The van der Waals surface area contributed by atoms with Crippen LogP contribution < -0.4 is 10.6 Å². The van der Waals surface area contributed by atoms with Crippen LogP contribution in [-0.4, -0.2) is 15.2 Å². The number of anilines is 4. The lowest BCUT2D eigenvalue weighted by Gasteiger charge is -2.11. The van der Waals surface area contributed by atoms with Gasteiger partial charge in [0.1, 0.15) is 0 Å². The van der Waals surface area contributed by atoms with E-state index >= 15 is 0 Å². The van der Waals surface area contributed by atoms with Gasteiger partial charge in [-0.1, -0.05) is 17.7 Å². The predicted molar refractivity (Wildman–Crippen MR) is 94.0 cm³/mol. The summed E-state index contributed by atoms with van der Waals surface area (Å²) in [4.78, 5) is 4.21. The molecule has 0 amide bonds. The van der Waals surface area contributed by atoms with Gasteiger partial charge < -0.3 is 10.6 Å². The molecular weight excluding hydrogens is 367 g/mol. The van der Waals surface area contributed by atoms with Gasteiger partial charge in [-0.25, -0.2) is 0 Å². The van der Waals surface area contributed by atoms with E-state index in [2.05, 4.69) is 25.8 Å². The van der Waals surface area contributed by atoms with Crippen molar-refractivity contribution in [3.63, 3.8) is 0 Å². The first-order valence-electron chi connectivity index (χ1n) is 7.48. The molecule has 0 saturated heterocycles. The third-order valence-corrected chi connectivity index (χ3v) is 3.69. The monoisotopic (exact) mass is 379 g/mol. The minimum absolute atomic E-state index is 0.201. The van der Waals surface area contributed by atoms with E-state index in [-0.39, 0.29) is 17.5 Å². The van der Waals surface area contributed by atoms with Gasteiger partial charge in [-0.3, -0.25) is 0 Å². The Morgan fingerprint density at radius 1 is 1.04 bits per heavy atom. The smallest absolute Gasteiger partial charge is 0.339 e. The second kappa shape index (κ2) is 7.17. The summed E-state index contributed by atoms with van der Waals surface area (Å²) in [6.45, 7) is 1.87. The Morgan fingerprint density at radius 2 is 1.85 bits per heavy atom. The molecule has 26 heavy (non-hydrogen) atoms. The summed E-state index contributed by atoms with van der Waals surface area (Å²) in [6.07, 6.45) is -3.10. The molecule has 0 bridgehead atoms. The lowest BCUT2D eigenvalue weighted by atomic mass is 10.2. The van der Waals surface area contributed by atoms with Crippen molar-refractivity contribution in [2.45, 2.75) is 13.1 Å². The van der Waals surface area contributed by atoms with E-state index in [1.165, 1.54) is 18.3 Å². The minimum atomic E-state index is -4.42. The van der Waals surface area contributed by atoms with Crippen molar-refractivity contribution in [2.24, 2.45) is 0 Å². The van der Waals surface area contributed by atoms with Gasteiger partial charge in [-0.2, -0.15) is 23.3 Å². The molecule has 0 aliphatic heterocycles. The third-order valence-electron chi connectivity index (χ3n) is 3.46. The van der Waals surface area contributed by atoms with E-state index in [0.717, 1.165) is 23.4 Å². The Kier molecular flexibility index (Phi) is 4.94. The lowest BCUT2D eigenvalue weighted by Crippen LogP contribution is -2.06. The second-order valence-electron chi connectivity index (χ2n) is 5.45. The standard InChI is InChI=1S/C17H13ClF3N5/c1-10-7-12(18)5-6-14(10)24-16-25-15(9-22-26-16)23-13-4-2-3-11(8-13)17(19,20)21/h2-9H,1H3,(H2,23,24,25,26). The number of aryl methyl sites for hydroxylation is 1. The normalized spacial score (nSPS) is 11.3. The van der Waals surface area contributed by atoms with Crippen molar-refractivity contribution in [3.05, 3.63) is 64.8 Å². The second-order valence-corrected chi connectivity index (χ2v) is 5.89. The Bertz CT molecular complexity index is 930. The van der Waals surface area contributed by atoms with Crippen molar-refractivity contribution in [1.29, 1.82) is 0 Å². The zero-order chi connectivity index (χ0) is 18.7. The summed E-state index contributed by atoms with van der Waals surface area (Å²) in [5, 5.41) is 14.1. The molecule has 0 saturated carbocycles. The number of hydrogen-bond acceptors (Lipinski definition) is 5. The van der Waals surface area contributed by atoms with Gasteiger partial charge in [-0.15, -0.1) is 5.10 Å². The zero-order valence-electron chi connectivity index (χ0n) is 13.5. The maximum Gasteiger partial charge on any atom is 0.416 e. The van der Waals surface area contributed by atoms with E-state index < -0.39 is 11.7 Å². The van der Waals surface area contributed by atoms with Crippen LogP contribution in [0.25, 0.3) is 0 Å². The molecule has 0 aliphatic carbocycles. The van der Waals surface area contributed by atoms with Gasteiger partial charge in [0, 0.05) is 16.4 Å². The minimum Gasteiger partial charge on any atom is -0.339 e. The van der Waals surface area contributed by atoms with Gasteiger partial charge in [0.05, 0.1) is 11.8 Å². The fraction of sp³-hybridized carbons (Fsp3) is 0.118. The molecule has 134 valence electrons. The van der Waals surface area contributed by atoms with Gasteiger partial charge in [0.2, 0.25) is 5.95 Å². The number of rotatable bonds is 4. The first-order chi connectivity index (χ1) is 12.3. The average Bonchev–Trinajstić information content (AvgIpc) is 2.57. The number of aromatic nitrogens is 3. The summed E-state index contributed by atoms with van der Waals surface area (Å²) < 4.78 is 38.4. The predicted octanol–water partition coefficient (Wildman–Crippen LogP) is 5.34. The highest BCUT2D eigenvalue weighted by Crippen LogP contribution is 2.31. The van der Waals surface area contributed by atoms with Gasteiger partial charge >= 0.3 is 6.18 Å². The zero-order valence-corrected chi connectivity index (χ0v) is 14.2. The third kappa shape index (κ3) is 4.40. The average molecular weight is 380 g/mol. The van der Waals surface area contributed by atoms with E-state index in [1.807, 2.05) is 6.92 Å². The highest BCUT2D eigenvalue weighted by molar-refractivity contribution is 6.30. The maximum absolute atomic E-state index is 12.8. The van der Waals surface area contributed by atoms with Crippen LogP contribution in [0, 0.1) is 6.92 Å². The molecule has 0 radical (unpaired) electrons. The Labute approximate surface area is 152 Å². The van der Waals surface area contributed by atoms with Crippen LogP contribution in [-0.2, 0) is 6.18 Å². The summed E-state index contributed by atoms with van der Waals surface area (Å²) >= 11 is 5.92. The van der Waals surface area contributed by atoms with Crippen LogP contribution in [0.1, 0.15) is 11.1 Å². The number of benzene rings is 2. The molecule has 0 aliphatic rings. The Hall–Kier alpha value is -2.87. The molecule has 3 rings (SSSR count). The van der Waals surface area contributed by atoms with E-state index in [1.54, 1.807) is 18.2 Å². The quantitative estimate of drug-likeness (QED) is 0.640. The number of halogens is 4. The summed E-state index contributed by atoms with van der Waals surface area (Å²) in [6, 6.07) is 10.1. The van der Waals surface area contributed by atoms with Crippen molar-refractivity contribution in [3.8, 4) is 0 Å². The first kappa shape index (κ1) is 17.9. The van der Waals surface area contributed by atoms with Gasteiger partial charge in [0.25, 0.3) is 0 Å². The molecule has 5 nitrogen and oxygen atoms in total. The van der Waals surface area contributed by atoms with Crippen LogP contribution in [0.4, 0.5) is 36.3 Å². The summed E-state index contributed by atoms with van der Waals surface area (Å²) in [5.41, 5.74) is 1.12. The van der Waals surface area contributed by atoms with Crippen LogP contribution in [0.3, 0.4) is 0 Å². The molecular formula is C17H13ClF3N5. The first-order valence-corrected chi connectivity index (χ1v) is 7.86. The molecule has 0 spiro atoms. The molecule has 2 aromatic carbocycles. The van der Waals surface area contributed by atoms with Crippen LogP contribution in [0.15, 0.2) is 48.7 Å². The highest BCUT2D eigenvalue weighted by Gasteiger charge is 2.30.